The number of ether oxygens (including phenoxy) is 1. The highest BCUT2D eigenvalue weighted by molar-refractivity contribution is 6.28. The van der Waals surface area contributed by atoms with Crippen LogP contribution < -0.4 is 10.2 Å². The van der Waals surface area contributed by atoms with E-state index in [4.69, 9.17) is 4.74 Å². The van der Waals surface area contributed by atoms with Crippen LogP contribution in [-0.2, 0) is 20.9 Å². The first kappa shape index (κ1) is 18.5. The quantitative estimate of drug-likeness (QED) is 0.412. The van der Waals surface area contributed by atoms with Crippen molar-refractivity contribution < 1.29 is 19.1 Å². The third-order valence-electron chi connectivity index (χ3n) is 4.62. The van der Waals surface area contributed by atoms with Gasteiger partial charge in [0.2, 0.25) is 0 Å². The molecule has 0 spiro atoms. The Bertz CT molecular complexity index is 1130. The van der Waals surface area contributed by atoms with Crippen LogP contribution in [0.3, 0.4) is 0 Å². The number of hydrogen-bond acceptors (Lipinski definition) is 4. The Labute approximate surface area is 167 Å². The first-order chi connectivity index (χ1) is 14.1. The fourth-order valence-electron chi connectivity index (χ4n) is 3.37. The zero-order valence-electron chi connectivity index (χ0n) is 15.8. The summed E-state index contributed by atoms with van der Waals surface area (Å²) in [6.45, 7) is 2.13. The number of para-hydroxylation sites is 2. The largest absolute Gasteiger partial charge is 0.465 e. The summed E-state index contributed by atoms with van der Waals surface area (Å²) < 4.78 is 6.81. The molecule has 1 aromatic heterocycles. The minimum absolute atomic E-state index is 0.0635. The van der Waals surface area contributed by atoms with Crippen LogP contribution in [0, 0.1) is 0 Å². The lowest BCUT2D eigenvalue weighted by molar-refractivity contribution is -0.143. The Morgan fingerprint density at radius 3 is 2.55 bits per heavy atom. The van der Waals surface area contributed by atoms with Gasteiger partial charge in [0, 0.05) is 22.7 Å². The van der Waals surface area contributed by atoms with Crippen molar-refractivity contribution in [2.75, 3.05) is 11.5 Å². The van der Waals surface area contributed by atoms with Crippen LogP contribution in [0.1, 0.15) is 12.5 Å². The van der Waals surface area contributed by atoms with Gasteiger partial charge in [-0.05, 0) is 31.2 Å². The molecule has 3 aromatic rings. The van der Waals surface area contributed by atoms with E-state index in [9.17, 15) is 14.4 Å². The fourth-order valence-corrected chi connectivity index (χ4v) is 3.37. The van der Waals surface area contributed by atoms with Gasteiger partial charge in [-0.3, -0.25) is 9.59 Å². The number of carbonyl (C=O) groups excluding carboxylic acids is 3. The van der Waals surface area contributed by atoms with E-state index >= 15 is 0 Å². The molecule has 146 valence electrons. The normalized spacial score (nSPS) is 15.2. The predicted octanol–water partition coefficient (Wildman–Crippen LogP) is 3.30. The number of rotatable bonds is 5. The Morgan fingerprint density at radius 1 is 1.07 bits per heavy atom. The van der Waals surface area contributed by atoms with Gasteiger partial charge in [0.1, 0.15) is 12.2 Å². The molecule has 1 aliphatic rings. The van der Waals surface area contributed by atoms with Crippen molar-refractivity contribution in [3.8, 4) is 0 Å². The Morgan fingerprint density at radius 2 is 1.79 bits per heavy atom. The van der Waals surface area contributed by atoms with Gasteiger partial charge in [0.15, 0.2) is 0 Å². The highest BCUT2D eigenvalue weighted by Gasteiger charge is 2.34. The maximum Gasteiger partial charge on any atom is 0.333 e. The molecule has 2 aromatic carbocycles. The Balaban J connectivity index is 1.70. The number of carbonyl (C=O) groups is 3. The van der Waals surface area contributed by atoms with Gasteiger partial charge in [0.05, 0.1) is 12.3 Å². The van der Waals surface area contributed by atoms with Gasteiger partial charge in [-0.1, -0.05) is 36.4 Å². The van der Waals surface area contributed by atoms with E-state index in [1.165, 1.54) is 0 Å². The number of fused-ring (bicyclic) bond motifs is 1. The number of imide groups is 1. The van der Waals surface area contributed by atoms with E-state index in [2.05, 4.69) is 5.32 Å². The highest BCUT2D eigenvalue weighted by atomic mass is 16.5. The average Bonchev–Trinajstić information content (AvgIpc) is 3.20. The van der Waals surface area contributed by atoms with E-state index < -0.39 is 11.9 Å². The number of hydrogen-bond donors (Lipinski definition) is 1. The van der Waals surface area contributed by atoms with Crippen LogP contribution in [0.2, 0.25) is 0 Å². The van der Waals surface area contributed by atoms with E-state index in [0.29, 0.717) is 12.3 Å². The zero-order chi connectivity index (χ0) is 20.4. The lowest BCUT2D eigenvalue weighted by Crippen LogP contribution is -2.30. The summed E-state index contributed by atoms with van der Waals surface area (Å²) >= 11 is 0. The number of urea groups is 1. The van der Waals surface area contributed by atoms with Crippen LogP contribution in [0.4, 0.5) is 10.5 Å². The van der Waals surface area contributed by atoms with Gasteiger partial charge < -0.3 is 14.6 Å². The fraction of sp³-hybridized carbons (Fsp3) is 0.136. The third kappa shape index (κ3) is 3.50. The molecule has 7 heteroatoms. The summed E-state index contributed by atoms with van der Waals surface area (Å²) in [6.07, 6.45) is 3.41. The molecule has 1 fully saturated rings. The van der Waals surface area contributed by atoms with Crippen molar-refractivity contribution in [3.63, 3.8) is 0 Å². The van der Waals surface area contributed by atoms with Crippen molar-refractivity contribution in [2.24, 2.45) is 0 Å². The SMILES string of the molecule is CCOC(=O)Cn1cc(/C=C2/NC(=O)N(c3ccccc3)C2=O)c2ccccc21. The Kier molecular flexibility index (Phi) is 4.87. The van der Waals surface area contributed by atoms with Crippen LogP contribution in [0.5, 0.6) is 0 Å². The molecule has 0 unspecified atom stereocenters. The molecule has 1 saturated heterocycles. The lowest BCUT2D eigenvalue weighted by atomic mass is 10.1. The summed E-state index contributed by atoms with van der Waals surface area (Å²) in [4.78, 5) is 38.2. The summed E-state index contributed by atoms with van der Waals surface area (Å²) in [5, 5.41) is 3.50. The molecule has 0 bridgehead atoms. The second-order valence-electron chi connectivity index (χ2n) is 6.50. The van der Waals surface area contributed by atoms with E-state index in [1.807, 2.05) is 30.3 Å². The lowest BCUT2D eigenvalue weighted by Gasteiger charge is -2.10. The molecule has 1 aliphatic heterocycles. The smallest absolute Gasteiger partial charge is 0.333 e. The second-order valence-corrected chi connectivity index (χ2v) is 6.50. The monoisotopic (exact) mass is 389 g/mol. The number of nitrogens with one attached hydrogen (secondary N) is 1. The molecular formula is C22H19N3O4. The van der Waals surface area contributed by atoms with Crippen LogP contribution in [0.15, 0.2) is 66.5 Å². The molecule has 4 rings (SSSR count). The summed E-state index contributed by atoms with van der Waals surface area (Å²) in [5.41, 5.74) is 2.24. The van der Waals surface area contributed by atoms with Crippen molar-refractivity contribution in [2.45, 2.75) is 13.5 Å². The van der Waals surface area contributed by atoms with Gasteiger partial charge in [0.25, 0.3) is 5.91 Å². The minimum atomic E-state index is -0.497. The number of benzene rings is 2. The van der Waals surface area contributed by atoms with Crippen molar-refractivity contribution in [1.82, 2.24) is 9.88 Å². The zero-order valence-corrected chi connectivity index (χ0v) is 15.8. The van der Waals surface area contributed by atoms with Crippen molar-refractivity contribution in [3.05, 3.63) is 72.1 Å². The molecular weight excluding hydrogens is 370 g/mol. The second kappa shape index (κ2) is 7.63. The number of esters is 1. The van der Waals surface area contributed by atoms with Crippen LogP contribution >= 0.6 is 0 Å². The van der Waals surface area contributed by atoms with Crippen LogP contribution in [0.25, 0.3) is 17.0 Å². The van der Waals surface area contributed by atoms with Gasteiger partial charge in [-0.15, -0.1) is 0 Å². The van der Waals surface area contributed by atoms with Gasteiger partial charge >= 0.3 is 12.0 Å². The average molecular weight is 389 g/mol. The van der Waals surface area contributed by atoms with Gasteiger partial charge in [-0.25, -0.2) is 9.69 Å². The van der Waals surface area contributed by atoms with Crippen molar-refractivity contribution >= 4 is 40.6 Å². The number of anilines is 1. The first-order valence-corrected chi connectivity index (χ1v) is 9.24. The van der Waals surface area contributed by atoms with Gasteiger partial charge in [-0.2, -0.15) is 0 Å². The summed E-state index contributed by atoms with van der Waals surface area (Å²) in [7, 11) is 0. The predicted molar refractivity (Wildman–Crippen MR) is 109 cm³/mol. The molecule has 1 N–H and O–H groups in total. The maximum atomic E-state index is 12.8. The maximum absolute atomic E-state index is 12.8. The first-order valence-electron chi connectivity index (χ1n) is 9.24. The summed E-state index contributed by atoms with van der Waals surface area (Å²) in [5.74, 6) is -0.767. The number of aromatic nitrogens is 1. The molecule has 7 nitrogen and oxygen atoms in total. The molecule has 29 heavy (non-hydrogen) atoms. The third-order valence-corrected chi connectivity index (χ3v) is 4.62. The standard InChI is InChI=1S/C22H19N3O4/c1-2-29-20(26)14-24-13-15(17-10-6-7-11-19(17)24)12-18-21(27)25(22(28)23-18)16-8-4-3-5-9-16/h3-13H,2,14H2,1H3,(H,23,28)/b18-12+. The molecule has 0 saturated carbocycles. The molecule has 2 heterocycles. The molecule has 0 radical (unpaired) electrons. The highest BCUT2D eigenvalue weighted by Crippen LogP contribution is 2.26. The van der Waals surface area contributed by atoms with E-state index in [-0.39, 0.29) is 18.2 Å². The van der Waals surface area contributed by atoms with Crippen molar-refractivity contribution in [1.29, 1.82) is 0 Å². The Hall–Kier alpha value is -3.87. The minimum Gasteiger partial charge on any atom is -0.465 e. The van der Waals surface area contributed by atoms with E-state index in [1.54, 1.807) is 48.0 Å². The number of nitrogens with zero attached hydrogens (tertiary/aromatic N) is 2. The van der Waals surface area contributed by atoms with E-state index in [0.717, 1.165) is 21.4 Å². The summed E-state index contributed by atoms with van der Waals surface area (Å²) in [6, 6.07) is 15.8. The number of amides is 3. The van der Waals surface area contributed by atoms with Crippen LogP contribution in [-0.4, -0.2) is 29.1 Å². The molecule has 0 aliphatic carbocycles. The topological polar surface area (TPSA) is 80.6 Å². The molecule has 3 amide bonds. The molecule has 0 atom stereocenters.